The lowest BCUT2D eigenvalue weighted by Crippen LogP contribution is -2.37. The first-order valence-electron chi connectivity index (χ1n) is 9.59. The van der Waals surface area contributed by atoms with E-state index in [1.807, 2.05) is 62.9 Å². The molecule has 1 rings (SSSR count). The van der Waals surface area contributed by atoms with Crippen LogP contribution in [0.2, 0.25) is 0 Å². The van der Waals surface area contributed by atoms with Gasteiger partial charge in [0.2, 0.25) is 11.8 Å². The lowest BCUT2D eigenvalue weighted by atomic mass is 10.1. The smallest absolute Gasteiger partial charge is 0.224 e. The lowest BCUT2D eigenvalue weighted by molar-refractivity contribution is -0.133. The monoisotopic (exact) mass is 361 g/mol. The molecule has 0 spiro atoms. The molecule has 2 amide bonds. The van der Waals surface area contributed by atoms with E-state index >= 15 is 0 Å². The standard InChI is InChI=1S/C21H35N3O2/c1-8-16(5)24(21(26)9-2)14-17-13-18(10-11-19(17)23(6)7)22-20(25)12-15(3)4/h10-11,13,15-16H,8-9,12,14H2,1-7H3,(H,22,25). The van der Waals surface area contributed by atoms with E-state index in [9.17, 15) is 9.59 Å². The molecular weight excluding hydrogens is 326 g/mol. The summed E-state index contributed by atoms with van der Waals surface area (Å²) in [5.74, 6) is 0.490. The van der Waals surface area contributed by atoms with E-state index in [1.165, 1.54) is 0 Å². The minimum Gasteiger partial charge on any atom is -0.377 e. The molecule has 0 aliphatic rings. The van der Waals surface area contributed by atoms with Crippen molar-refractivity contribution in [2.45, 2.75) is 66.5 Å². The molecule has 1 atom stereocenters. The van der Waals surface area contributed by atoms with Crippen LogP contribution in [0.25, 0.3) is 0 Å². The fourth-order valence-electron chi connectivity index (χ4n) is 2.91. The minimum absolute atomic E-state index is 0.0203. The highest BCUT2D eigenvalue weighted by Gasteiger charge is 2.20. The summed E-state index contributed by atoms with van der Waals surface area (Å²) in [5.41, 5.74) is 2.88. The molecule has 0 bridgehead atoms. The van der Waals surface area contributed by atoms with Crippen molar-refractivity contribution < 1.29 is 9.59 Å². The maximum Gasteiger partial charge on any atom is 0.224 e. The van der Waals surface area contributed by atoms with Gasteiger partial charge in [-0.3, -0.25) is 9.59 Å². The maximum absolute atomic E-state index is 12.4. The topological polar surface area (TPSA) is 52.7 Å². The largest absolute Gasteiger partial charge is 0.377 e. The summed E-state index contributed by atoms with van der Waals surface area (Å²) in [6.45, 7) is 10.7. The van der Waals surface area contributed by atoms with Gasteiger partial charge in [0.25, 0.3) is 0 Å². The van der Waals surface area contributed by atoms with Crippen LogP contribution in [0.3, 0.4) is 0 Å². The number of nitrogens with one attached hydrogen (secondary N) is 1. The second-order valence-electron chi connectivity index (χ2n) is 7.52. The van der Waals surface area contributed by atoms with E-state index in [0.29, 0.717) is 25.3 Å². The van der Waals surface area contributed by atoms with Crippen LogP contribution in [0.1, 0.15) is 59.4 Å². The van der Waals surface area contributed by atoms with Gasteiger partial charge < -0.3 is 15.1 Å². The summed E-state index contributed by atoms with van der Waals surface area (Å²) in [7, 11) is 3.98. The molecule has 1 aromatic rings. The zero-order valence-corrected chi connectivity index (χ0v) is 17.4. The van der Waals surface area contributed by atoms with Crippen molar-refractivity contribution in [3.8, 4) is 0 Å². The Labute approximate surface area is 158 Å². The van der Waals surface area contributed by atoms with E-state index in [1.54, 1.807) is 0 Å². The zero-order valence-electron chi connectivity index (χ0n) is 17.4. The fourth-order valence-corrected chi connectivity index (χ4v) is 2.91. The molecule has 26 heavy (non-hydrogen) atoms. The van der Waals surface area contributed by atoms with Crippen molar-refractivity contribution in [3.05, 3.63) is 23.8 Å². The average Bonchev–Trinajstić information content (AvgIpc) is 2.57. The van der Waals surface area contributed by atoms with Crippen LogP contribution in [-0.2, 0) is 16.1 Å². The second-order valence-corrected chi connectivity index (χ2v) is 7.52. The molecule has 1 aromatic carbocycles. The van der Waals surface area contributed by atoms with Gasteiger partial charge in [0.05, 0.1) is 0 Å². The van der Waals surface area contributed by atoms with E-state index in [0.717, 1.165) is 23.4 Å². The molecule has 0 radical (unpaired) electrons. The molecule has 0 saturated heterocycles. The van der Waals surface area contributed by atoms with Crippen molar-refractivity contribution in [2.75, 3.05) is 24.3 Å². The Morgan fingerprint density at radius 2 is 1.77 bits per heavy atom. The number of rotatable bonds is 9. The van der Waals surface area contributed by atoms with Gasteiger partial charge in [-0.2, -0.15) is 0 Å². The lowest BCUT2D eigenvalue weighted by Gasteiger charge is -2.30. The molecule has 5 heteroatoms. The highest BCUT2D eigenvalue weighted by Crippen LogP contribution is 2.26. The third-order valence-electron chi connectivity index (χ3n) is 4.53. The third kappa shape index (κ3) is 6.36. The number of hydrogen-bond donors (Lipinski definition) is 1. The summed E-state index contributed by atoms with van der Waals surface area (Å²) in [4.78, 5) is 28.5. The van der Waals surface area contributed by atoms with E-state index < -0.39 is 0 Å². The number of carbonyl (C=O) groups is 2. The van der Waals surface area contributed by atoms with Crippen LogP contribution < -0.4 is 10.2 Å². The molecule has 0 aliphatic heterocycles. The maximum atomic E-state index is 12.4. The number of amides is 2. The summed E-state index contributed by atoms with van der Waals surface area (Å²) >= 11 is 0. The highest BCUT2D eigenvalue weighted by molar-refractivity contribution is 5.91. The van der Waals surface area contributed by atoms with Crippen LogP contribution in [-0.4, -0.2) is 36.9 Å². The normalized spacial score (nSPS) is 12.0. The Kier molecular flexibility index (Phi) is 8.62. The van der Waals surface area contributed by atoms with Gasteiger partial charge in [0, 0.05) is 50.9 Å². The molecule has 1 N–H and O–H groups in total. The Morgan fingerprint density at radius 1 is 1.12 bits per heavy atom. The second kappa shape index (κ2) is 10.2. The van der Waals surface area contributed by atoms with Crippen LogP contribution >= 0.6 is 0 Å². The summed E-state index contributed by atoms with van der Waals surface area (Å²) < 4.78 is 0. The summed E-state index contributed by atoms with van der Waals surface area (Å²) in [5, 5.41) is 2.98. The van der Waals surface area contributed by atoms with E-state index in [2.05, 4.69) is 19.2 Å². The number of anilines is 2. The van der Waals surface area contributed by atoms with E-state index in [-0.39, 0.29) is 17.9 Å². The molecule has 0 fully saturated rings. The first-order valence-corrected chi connectivity index (χ1v) is 9.59. The molecule has 0 saturated carbocycles. The van der Waals surface area contributed by atoms with Crippen LogP contribution in [0.5, 0.6) is 0 Å². The van der Waals surface area contributed by atoms with Gasteiger partial charge in [-0.05, 0) is 43.0 Å². The highest BCUT2D eigenvalue weighted by atomic mass is 16.2. The number of benzene rings is 1. The van der Waals surface area contributed by atoms with Crippen LogP contribution in [0.15, 0.2) is 18.2 Å². The third-order valence-corrected chi connectivity index (χ3v) is 4.53. The summed E-state index contributed by atoms with van der Waals surface area (Å²) in [6, 6.07) is 6.10. The summed E-state index contributed by atoms with van der Waals surface area (Å²) in [6.07, 6.45) is 1.90. The van der Waals surface area contributed by atoms with Gasteiger partial charge in [-0.1, -0.05) is 27.7 Å². The fraction of sp³-hybridized carbons (Fsp3) is 0.619. The molecular formula is C21H35N3O2. The van der Waals surface area contributed by atoms with Crippen LogP contribution in [0, 0.1) is 5.92 Å². The number of hydrogen-bond acceptors (Lipinski definition) is 3. The first kappa shape index (κ1) is 22.0. The van der Waals surface area contributed by atoms with Crippen molar-refractivity contribution >= 4 is 23.2 Å². The van der Waals surface area contributed by atoms with Gasteiger partial charge in [-0.25, -0.2) is 0 Å². The van der Waals surface area contributed by atoms with Gasteiger partial charge in [-0.15, -0.1) is 0 Å². The number of carbonyl (C=O) groups excluding carboxylic acids is 2. The van der Waals surface area contributed by atoms with Gasteiger partial charge in [0.15, 0.2) is 0 Å². The first-order chi connectivity index (χ1) is 12.2. The van der Waals surface area contributed by atoms with Gasteiger partial charge >= 0.3 is 0 Å². The molecule has 5 nitrogen and oxygen atoms in total. The molecule has 0 aromatic heterocycles. The Bertz CT molecular complexity index is 611. The molecule has 1 unspecified atom stereocenters. The van der Waals surface area contributed by atoms with Crippen molar-refractivity contribution in [1.29, 1.82) is 0 Å². The predicted molar refractivity (Wildman–Crippen MR) is 109 cm³/mol. The minimum atomic E-state index is 0.0203. The predicted octanol–water partition coefficient (Wildman–Crippen LogP) is 4.27. The van der Waals surface area contributed by atoms with Crippen molar-refractivity contribution in [3.63, 3.8) is 0 Å². The zero-order chi connectivity index (χ0) is 19.9. The van der Waals surface area contributed by atoms with E-state index in [4.69, 9.17) is 0 Å². The van der Waals surface area contributed by atoms with Gasteiger partial charge in [0.1, 0.15) is 0 Å². The number of nitrogens with zero attached hydrogens (tertiary/aromatic N) is 2. The van der Waals surface area contributed by atoms with Crippen molar-refractivity contribution in [1.82, 2.24) is 4.90 Å². The molecule has 0 heterocycles. The van der Waals surface area contributed by atoms with Crippen LogP contribution in [0.4, 0.5) is 11.4 Å². The Morgan fingerprint density at radius 3 is 2.27 bits per heavy atom. The average molecular weight is 362 g/mol. The SMILES string of the molecule is CCC(=O)N(Cc1cc(NC(=O)CC(C)C)ccc1N(C)C)C(C)CC. The Balaban J connectivity index is 3.14. The quantitative estimate of drug-likeness (QED) is 0.714. The Hall–Kier alpha value is -2.04. The van der Waals surface area contributed by atoms with Crippen molar-refractivity contribution in [2.24, 2.45) is 5.92 Å². The molecule has 0 aliphatic carbocycles. The molecule has 146 valence electrons.